The molecule has 0 aliphatic carbocycles. The summed E-state index contributed by atoms with van der Waals surface area (Å²) < 4.78 is 6.83. The van der Waals surface area contributed by atoms with Crippen LogP contribution < -0.4 is 10.7 Å². The number of para-hydroxylation sites is 1. The molecule has 1 amide bonds. The van der Waals surface area contributed by atoms with Crippen LogP contribution in [0.25, 0.3) is 22.0 Å². The number of nitrogens with one attached hydrogen (secondary N) is 1. The molecule has 1 N–H and O–H groups in total. The van der Waals surface area contributed by atoms with Crippen molar-refractivity contribution in [3.8, 4) is 0 Å². The summed E-state index contributed by atoms with van der Waals surface area (Å²) in [6.45, 7) is 6.34. The summed E-state index contributed by atoms with van der Waals surface area (Å²) in [4.78, 5) is 30.7. The first-order valence-corrected chi connectivity index (χ1v) is 9.86. The van der Waals surface area contributed by atoms with Crippen LogP contribution >= 0.6 is 0 Å². The highest BCUT2D eigenvalue weighted by Crippen LogP contribution is 2.29. The van der Waals surface area contributed by atoms with E-state index >= 15 is 0 Å². The molecule has 0 saturated heterocycles. The van der Waals surface area contributed by atoms with Gasteiger partial charge in [0.1, 0.15) is 0 Å². The van der Waals surface area contributed by atoms with Crippen molar-refractivity contribution in [1.29, 1.82) is 0 Å². The third-order valence-electron chi connectivity index (χ3n) is 5.34. The highest BCUT2D eigenvalue weighted by Gasteiger charge is 2.27. The third kappa shape index (κ3) is 3.35. The Bertz CT molecular complexity index is 1250. The topological polar surface area (TPSA) is 71.2 Å². The summed E-state index contributed by atoms with van der Waals surface area (Å²) in [6.07, 6.45) is 2.74. The molecule has 4 rings (SSSR count). The number of oxazole rings is 1. The lowest BCUT2D eigenvalue weighted by atomic mass is 10.0. The van der Waals surface area contributed by atoms with Crippen molar-refractivity contribution < 1.29 is 9.21 Å². The van der Waals surface area contributed by atoms with Gasteiger partial charge in [-0.3, -0.25) is 9.36 Å². The van der Waals surface area contributed by atoms with Gasteiger partial charge in [0.2, 0.25) is 0 Å². The Balaban J connectivity index is 1.85. The summed E-state index contributed by atoms with van der Waals surface area (Å²) in [5, 5.41) is 1.04. The number of anilines is 1. The number of nitrogens with zero attached hydrogens (tertiary/aromatic N) is 2. The monoisotopic (exact) mass is 391 g/mol. The van der Waals surface area contributed by atoms with E-state index in [1.807, 2.05) is 35.4 Å². The maximum absolute atomic E-state index is 13.7. The molecule has 0 spiro atoms. The Labute approximate surface area is 168 Å². The molecule has 0 aliphatic rings. The number of aromatic amines is 1. The Kier molecular flexibility index (Phi) is 4.78. The van der Waals surface area contributed by atoms with Crippen LogP contribution in [0.15, 0.2) is 57.9 Å². The van der Waals surface area contributed by atoms with Crippen molar-refractivity contribution in [3.05, 3.63) is 64.8 Å². The number of carbonyl (C=O) groups excluding carboxylic acids is 1. The SMILES string of the molecule is CC(C)CC(C)N(C(=O)c1cccc2c1oc(=O)n2C)c1ccc2[nH]ccc2c1. The van der Waals surface area contributed by atoms with Gasteiger partial charge in [-0.25, -0.2) is 4.79 Å². The predicted molar refractivity (Wildman–Crippen MR) is 115 cm³/mol. The summed E-state index contributed by atoms with van der Waals surface area (Å²) >= 11 is 0. The second-order valence-electron chi connectivity index (χ2n) is 7.98. The van der Waals surface area contributed by atoms with Gasteiger partial charge in [-0.05, 0) is 55.7 Å². The molecule has 1 atom stereocenters. The predicted octanol–water partition coefficient (Wildman–Crippen LogP) is 4.69. The summed E-state index contributed by atoms with van der Waals surface area (Å²) in [7, 11) is 1.64. The van der Waals surface area contributed by atoms with E-state index in [2.05, 4.69) is 25.8 Å². The van der Waals surface area contributed by atoms with E-state index < -0.39 is 5.76 Å². The first-order chi connectivity index (χ1) is 13.9. The fourth-order valence-electron chi connectivity index (χ4n) is 4.00. The molecule has 6 heteroatoms. The number of carbonyl (C=O) groups is 1. The Morgan fingerprint density at radius 1 is 1.17 bits per heavy atom. The lowest BCUT2D eigenvalue weighted by Crippen LogP contribution is -2.39. The Hall–Kier alpha value is -3.28. The zero-order valence-electron chi connectivity index (χ0n) is 17.1. The van der Waals surface area contributed by atoms with Gasteiger partial charge >= 0.3 is 5.76 Å². The number of aryl methyl sites for hydroxylation is 1. The van der Waals surface area contributed by atoms with Crippen LogP contribution in [0, 0.1) is 5.92 Å². The van der Waals surface area contributed by atoms with Gasteiger partial charge in [0.25, 0.3) is 5.91 Å². The van der Waals surface area contributed by atoms with Gasteiger partial charge in [-0.2, -0.15) is 0 Å². The first kappa shape index (κ1) is 19.1. The minimum atomic E-state index is -0.476. The number of amides is 1. The molecular formula is C23H25N3O3. The third-order valence-corrected chi connectivity index (χ3v) is 5.34. The van der Waals surface area contributed by atoms with Gasteiger partial charge in [-0.15, -0.1) is 0 Å². The molecule has 0 radical (unpaired) electrons. The summed E-state index contributed by atoms with van der Waals surface area (Å²) in [5.74, 6) is -0.217. The number of hydrogen-bond donors (Lipinski definition) is 1. The molecule has 2 aromatic carbocycles. The number of benzene rings is 2. The van der Waals surface area contributed by atoms with Crippen LogP contribution in [0.2, 0.25) is 0 Å². The molecule has 0 fully saturated rings. The van der Waals surface area contributed by atoms with Gasteiger partial charge in [0, 0.05) is 35.9 Å². The fraction of sp³-hybridized carbons (Fsp3) is 0.304. The van der Waals surface area contributed by atoms with Gasteiger partial charge < -0.3 is 14.3 Å². The number of H-pyrrole nitrogens is 1. The molecule has 6 nitrogen and oxygen atoms in total. The van der Waals surface area contributed by atoms with E-state index in [1.54, 1.807) is 25.2 Å². The normalized spacial score (nSPS) is 12.7. The van der Waals surface area contributed by atoms with Crippen molar-refractivity contribution in [3.63, 3.8) is 0 Å². The lowest BCUT2D eigenvalue weighted by Gasteiger charge is -2.31. The van der Waals surface area contributed by atoms with Crippen molar-refractivity contribution in [2.75, 3.05) is 4.90 Å². The molecule has 1 unspecified atom stereocenters. The minimum Gasteiger partial charge on any atom is -0.407 e. The van der Waals surface area contributed by atoms with E-state index in [-0.39, 0.29) is 11.9 Å². The standard InChI is InChI=1S/C23H25N3O3/c1-14(2)12-15(3)26(17-8-9-19-16(13-17)10-11-24-19)22(27)18-6-5-7-20-21(18)29-23(28)25(20)4/h5-11,13-15,24H,12H2,1-4H3. The van der Waals surface area contributed by atoms with E-state index in [4.69, 9.17) is 4.42 Å². The summed E-state index contributed by atoms with van der Waals surface area (Å²) in [6, 6.07) is 13.2. The zero-order chi connectivity index (χ0) is 20.7. The van der Waals surface area contributed by atoms with Crippen LogP contribution in [-0.4, -0.2) is 21.5 Å². The smallest absolute Gasteiger partial charge is 0.407 e. The molecule has 0 saturated carbocycles. The highest BCUT2D eigenvalue weighted by atomic mass is 16.4. The Morgan fingerprint density at radius 2 is 1.97 bits per heavy atom. The van der Waals surface area contributed by atoms with Gasteiger partial charge in [-0.1, -0.05) is 19.9 Å². The van der Waals surface area contributed by atoms with Crippen molar-refractivity contribution in [2.45, 2.75) is 33.2 Å². The van der Waals surface area contributed by atoms with Crippen molar-refractivity contribution in [1.82, 2.24) is 9.55 Å². The zero-order valence-corrected chi connectivity index (χ0v) is 17.1. The van der Waals surface area contributed by atoms with Crippen molar-refractivity contribution >= 4 is 33.6 Å². The van der Waals surface area contributed by atoms with Crippen LogP contribution in [-0.2, 0) is 7.05 Å². The molecule has 4 aromatic rings. The van der Waals surface area contributed by atoms with Crippen LogP contribution in [0.1, 0.15) is 37.6 Å². The average molecular weight is 391 g/mol. The second kappa shape index (κ2) is 7.28. The van der Waals surface area contributed by atoms with E-state index in [0.29, 0.717) is 22.6 Å². The number of aromatic nitrogens is 2. The fourth-order valence-corrected chi connectivity index (χ4v) is 4.00. The second-order valence-corrected chi connectivity index (χ2v) is 7.98. The van der Waals surface area contributed by atoms with Gasteiger partial charge in [0.15, 0.2) is 5.58 Å². The van der Waals surface area contributed by atoms with Crippen molar-refractivity contribution in [2.24, 2.45) is 13.0 Å². The van der Waals surface area contributed by atoms with E-state index in [9.17, 15) is 9.59 Å². The molecule has 0 bridgehead atoms. The molecule has 2 heterocycles. The quantitative estimate of drug-likeness (QED) is 0.536. The molecule has 150 valence electrons. The number of hydrogen-bond acceptors (Lipinski definition) is 3. The van der Waals surface area contributed by atoms with Crippen LogP contribution in [0.5, 0.6) is 0 Å². The van der Waals surface area contributed by atoms with E-state index in [1.165, 1.54) is 4.57 Å². The molecule has 29 heavy (non-hydrogen) atoms. The maximum atomic E-state index is 13.7. The number of fused-ring (bicyclic) bond motifs is 2. The maximum Gasteiger partial charge on any atom is 0.419 e. The Morgan fingerprint density at radius 3 is 2.72 bits per heavy atom. The largest absolute Gasteiger partial charge is 0.419 e. The highest BCUT2D eigenvalue weighted by molar-refractivity contribution is 6.13. The molecule has 0 aliphatic heterocycles. The van der Waals surface area contributed by atoms with E-state index in [0.717, 1.165) is 23.0 Å². The minimum absolute atomic E-state index is 0.0235. The van der Waals surface area contributed by atoms with Gasteiger partial charge in [0.05, 0.1) is 11.1 Å². The number of rotatable bonds is 5. The molecular weight excluding hydrogens is 366 g/mol. The first-order valence-electron chi connectivity index (χ1n) is 9.86. The molecule has 2 aromatic heterocycles. The van der Waals surface area contributed by atoms with Crippen LogP contribution in [0.3, 0.4) is 0 Å². The van der Waals surface area contributed by atoms with Crippen LogP contribution in [0.4, 0.5) is 5.69 Å². The average Bonchev–Trinajstić information content (AvgIpc) is 3.25. The lowest BCUT2D eigenvalue weighted by molar-refractivity contribution is 0.0976. The summed E-state index contributed by atoms with van der Waals surface area (Å²) in [5.41, 5.74) is 3.18.